The van der Waals surface area contributed by atoms with Gasteiger partial charge in [-0.15, -0.1) is 0 Å². The van der Waals surface area contributed by atoms with Crippen molar-refractivity contribution in [3.8, 4) is 0 Å². The molecule has 0 aliphatic carbocycles. The van der Waals surface area contributed by atoms with Crippen molar-refractivity contribution in [1.82, 2.24) is 4.90 Å². The Balaban J connectivity index is 2.11. The van der Waals surface area contributed by atoms with E-state index in [1.165, 1.54) is 6.07 Å². The molecule has 0 aromatic heterocycles. The standard InChI is InChI=1S/C14H19N3O3/c1-9(13(18)17-7-2-3-8-17)16-11-6-4-5-10(12(11)15)14(19)20/h4-6,9,16H,2-3,7-8,15H2,1H3,(H,19,20). The van der Waals surface area contributed by atoms with Crippen LogP contribution in [0.25, 0.3) is 0 Å². The van der Waals surface area contributed by atoms with Crippen molar-refractivity contribution in [3.63, 3.8) is 0 Å². The van der Waals surface area contributed by atoms with E-state index in [4.69, 9.17) is 10.8 Å². The molecule has 2 rings (SSSR count). The van der Waals surface area contributed by atoms with Crippen molar-refractivity contribution in [2.75, 3.05) is 24.1 Å². The number of benzene rings is 1. The number of aromatic carboxylic acids is 1. The van der Waals surface area contributed by atoms with Crippen molar-refractivity contribution >= 4 is 23.3 Å². The molecule has 1 aromatic carbocycles. The zero-order valence-electron chi connectivity index (χ0n) is 11.4. The van der Waals surface area contributed by atoms with E-state index in [1.54, 1.807) is 19.1 Å². The Morgan fingerprint density at radius 1 is 1.35 bits per heavy atom. The predicted octanol–water partition coefficient (Wildman–Crippen LogP) is 1.39. The Kier molecular flexibility index (Phi) is 4.12. The fourth-order valence-electron chi connectivity index (χ4n) is 2.38. The Morgan fingerprint density at radius 2 is 2.00 bits per heavy atom. The van der Waals surface area contributed by atoms with Crippen LogP contribution in [-0.4, -0.2) is 41.0 Å². The summed E-state index contributed by atoms with van der Waals surface area (Å²) in [5.74, 6) is -1.06. The largest absolute Gasteiger partial charge is 0.478 e. The first-order valence-electron chi connectivity index (χ1n) is 6.68. The lowest BCUT2D eigenvalue weighted by Crippen LogP contribution is -2.39. The van der Waals surface area contributed by atoms with Gasteiger partial charge in [-0.05, 0) is 31.9 Å². The number of hydrogen-bond donors (Lipinski definition) is 3. The van der Waals surface area contributed by atoms with Gasteiger partial charge in [0.1, 0.15) is 6.04 Å². The highest BCUT2D eigenvalue weighted by Gasteiger charge is 2.23. The first kappa shape index (κ1) is 14.2. The average molecular weight is 277 g/mol. The molecule has 0 saturated carbocycles. The molecule has 1 aliphatic rings. The maximum absolute atomic E-state index is 12.2. The van der Waals surface area contributed by atoms with Crippen LogP contribution in [0.2, 0.25) is 0 Å². The van der Waals surface area contributed by atoms with Crippen LogP contribution in [0.4, 0.5) is 11.4 Å². The second-order valence-corrected chi connectivity index (χ2v) is 4.97. The average Bonchev–Trinajstić information content (AvgIpc) is 2.93. The molecule has 6 heteroatoms. The Morgan fingerprint density at radius 3 is 2.60 bits per heavy atom. The maximum atomic E-state index is 12.2. The van der Waals surface area contributed by atoms with E-state index in [9.17, 15) is 9.59 Å². The third-order valence-electron chi connectivity index (χ3n) is 3.50. The van der Waals surface area contributed by atoms with Crippen LogP contribution in [0, 0.1) is 0 Å². The van der Waals surface area contributed by atoms with E-state index in [-0.39, 0.29) is 17.2 Å². The number of nitrogens with zero attached hydrogens (tertiary/aromatic N) is 1. The summed E-state index contributed by atoms with van der Waals surface area (Å²) < 4.78 is 0. The molecule has 0 radical (unpaired) electrons. The highest BCUT2D eigenvalue weighted by Crippen LogP contribution is 2.24. The highest BCUT2D eigenvalue weighted by atomic mass is 16.4. The number of hydrogen-bond acceptors (Lipinski definition) is 4. The van der Waals surface area contributed by atoms with Gasteiger partial charge >= 0.3 is 5.97 Å². The van der Waals surface area contributed by atoms with E-state index in [0.29, 0.717) is 5.69 Å². The second-order valence-electron chi connectivity index (χ2n) is 4.97. The molecule has 6 nitrogen and oxygen atoms in total. The number of nitrogens with two attached hydrogens (primary N) is 1. The smallest absolute Gasteiger partial charge is 0.337 e. The van der Waals surface area contributed by atoms with Gasteiger partial charge in [0.2, 0.25) is 5.91 Å². The minimum Gasteiger partial charge on any atom is -0.478 e. The SMILES string of the molecule is CC(Nc1cccc(C(=O)O)c1N)C(=O)N1CCCC1. The highest BCUT2D eigenvalue weighted by molar-refractivity contribution is 5.97. The van der Waals surface area contributed by atoms with Gasteiger partial charge in [-0.3, -0.25) is 4.79 Å². The first-order valence-corrected chi connectivity index (χ1v) is 6.68. The molecule has 1 aliphatic heterocycles. The monoisotopic (exact) mass is 277 g/mol. The molecular weight excluding hydrogens is 258 g/mol. The number of para-hydroxylation sites is 1. The summed E-state index contributed by atoms with van der Waals surface area (Å²) in [6.07, 6.45) is 2.07. The van der Waals surface area contributed by atoms with Crippen LogP contribution in [0.1, 0.15) is 30.1 Å². The van der Waals surface area contributed by atoms with Gasteiger partial charge in [-0.25, -0.2) is 4.79 Å². The summed E-state index contributed by atoms with van der Waals surface area (Å²) in [5.41, 5.74) is 6.49. The lowest BCUT2D eigenvalue weighted by atomic mass is 10.1. The fourth-order valence-corrected chi connectivity index (χ4v) is 2.38. The molecule has 1 fully saturated rings. The number of likely N-dealkylation sites (tertiary alicyclic amines) is 1. The molecule has 1 unspecified atom stereocenters. The number of carboxylic acid groups (broad SMARTS) is 1. The van der Waals surface area contributed by atoms with E-state index >= 15 is 0 Å². The quantitative estimate of drug-likeness (QED) is 0.723. The van der Waals surface area contributed by atoms with Gasteiger partial charge in [0.25, 0.3) is 0 Å². The molecule has 0 bridgehead atoms. The zero-order chi connectivity index (χ0) is 14.7. The Labute approximate surface area is 117 Å². The molecular formula is C14H19N3O3. The van der Waals surface area contributed by atoms with Gasteiger partial charge in [-0.2, -0.15) is 0 Å². The molecule has 1 saturated heterocycles. The summed E-state index contributed by atoms with van der Waals surface area (Å²) in [6, 6.07) is 4.29. The Hall–Kier alpha value is -2.24. The van der Waals surface area contributed by atoms with Gasteiger partial charge in [0, 0.05) is 13.1 Å². The number of rotatable bonds is 4. The normalized spacial score (nSPS) is 15.9. The van der Waals surface area contributed by atoms with Crippen LogP contribution >= 0.6 is 0 Å². The van der Waals surface area contributed by atoms with E-state index < -0.39 is 12.0 Å². The van der Waals surface area contributed by atoms with Crippen LogP contribution in [0.15, 0.2) is 18.2 Å². The molecule has 1 aromatic rings. The van der Waals surface area contributed by atoms with E-state index in [2.05, 4.69) is 5.32 Å². The number of carbonyl (C=O) groups excluding carboxylic acids is 1. The number of nitrogens with one attached hydrogen (secondary N) is 1. The lowest BCUT2D eigenvalue weighted by molar-refractivity contribution is -0.130. The van der Waals surface area contributed by atoms with Crippen LogP contribution < -0.4 is 11.1 Å². The van der Waals surface area contributed by atoms with Gasteiger partial charge in [-0.1, -0.05) is 6.07 Å². The molecule has 1 heterocycles. The number of carboxylic acids is 1. The van der Waals surface area contributed by atoms with E-state index in [1.807, 2.05) is 4.90 Å². The fraction of sp³-hybridized carbons (Fsp3) is 0.429. The van der Waals surface area contributed by atoms with Gasteiger partial charge < -0.3 is 21.1 Å². The molecule has 108 valence electrons. The molecule has 0 spiro atoms. The van der Waals surface area contributed by atoms with Crippen molar-refractivity contribution in [2.45, 2.75) is 25.8 Å². The summed E-state index contributed by atoms with van der Waals surface area (Å²) in [5, 5.41) is 12.0. The number of nitrogen functional groups attached to an aromatic ring is 1. The van der Waals surface area contributed by atoms with Crippen LogP contribution in [0.3, 0.4) is 0 Å². The van der Waals surface area contributed by atoms with Crippen LogP contribution in [-0.2, 0) is 4.79 Å². The van der Waals surface area contributed by atoms with Crippen molar-refractivity contribution in [1.29, 1.82) is 0 Å². The van der Waals surface area contributed by atoms with Gasteiger partial charge in [0.15, 0.2) is 0 Å². The zero-order valence-corrected chi connectivity index (χ0v) is 11.4. The summed E-state index contributed by atoms with van der Waals surface area (Å²) >= 11 is 0. The number of amides is 1. The lowest BCUT2D eigenvalue weighted by Gasteiger charge is -2.22. The molecule has 1 atom stereocenters. The van der Waals surface area contributed by atoms with E-state index in [0.717, 1.165) is 25.9 Å². The molecule has 1 amide bonds. The van der Waals surface area contributed by atoms with Gasteiger partial charge in [0.05, 0.1) is 16.9 Å². The summed E-state index contributed by atoms with van der Waals surface area (Å²) in [6.45, 7) is 3.33. The van der Waals surface area contributed by atoms with Crippen molar-refractivity contribution in [2.24, 2.45) is 0 Å². The minimum absolute atomic E-state index is 0.0163. The minimum atomic E-state index is -1.08. The predicted molar refractivity (Wildman–Crippen MR) is 76.7 cm³/mol. The second kappa shape index (κ2) is 5.81. The third-order valence-corrected chi connectivity index (χ3v) is 3.50. The van der Waals surface area contributed by atoms with Crippen molar-refractivity contribution in [3.05, 3.63) is 23.8 Å². The van der Waals surface area contributed by atoms with Crippen molar-refractivity contribution < 1.29 is 14.7 Å². The summed E-state index contributed by atoms with van der Waals surface area (Å²) in [7, 11) is 0. The summed E-state index contributed by atoms with van der Waals surface area (Å²) in [4.78, 5) is 25.0. The maximum Gasteiger partial charge on any atom is 0.337 e. The third kappa shape index (κ3) is 2.84. The molecule has 20 heavy (non-hydrogen) atoms. The number of carbonyl (C=O) groups is 2. The first-order chi connectivity index (χ1) is 9.50. The van der Waals surface area contributed by atoms with Crippen LogP contribution in [0.5, 0.6) is 0 Å². The molecule has 4 N–H and O–H groups in total. The Bertz CT molecular complexity index is 524. The topological polar surface area (TPSA) is 95.7 Å². The number of anilines is 2.